The van der Waals surface area contributed by atoms with Crippen LogP contribution in [0.4, 0.5) is 8.78 Å². The van der Waals surface area contributed by atoms with Crippen molar-refractivity contribution < 1.29 is 37.6 Å². The molecule has 1 aliphatic rings. The number of rotatable bonds is 13. The van der Waals surface area contributed by atoms with Crippen molar-refractivity contribution in [3.63, 3.8) is 0 Å². The van der Waals surface area contributed by atoms with Crippen LogP contribution in [-0.2, 0) is 22.6 Å². The molecule has 1 aliphatic heterocycles. The van der Waals surface area contributed by atoms with Gasteiger partial charge in [0.1, 0.15) is 24.6 Å². The molecule has 1 N–H and O–H groups in total. The first kappa shape index (κ1) is 30.2. The Kier molecular flexibility index (Phi) is 10.5. The number of benzene rings is 2. The number of β-amino-alcohol motifs (C(OH)–C–C–N with tert-alkyl or cyclic N) is 1. The number of carbonyl (C=O) groups excluding carboxylic acids is 1. The second kappa shape index (κ2) is 14.2. The number of imidazole rings is 1. The molecule has 1 unspecified atom stereocenters. The van der Waals surface area contributed by atoms with Crippen LogP contribution in [0.15, 0.2) is 55.1 Å². The largest absolute Gasteiger partial charge is 0.493 e. The highest BCUT2D eigenvalue weighted by atomic mass is 19.2. The minimum absolute atomic E-state index is 0.00938. The molecule has 3 aromatic rings. The third kappa shape index (κ3) is 8.62. The smallest absolute Gasteiger partial charge is 0.248 e. The van der Waals surface area contributed by atoms with E-state index in [-0.39, 0.29) is 38.0 Å². The number of aryl methyl sites for hydroxylation is 1. The van der Waals surface area contributed by atoms with E-state index in [1.165, 1.54) is 18.1 Å². The van der Waals surface area contributed by atoms with Crippen molar-refractivity contribution in [1.29, 1.82) is 0 Å². The van der Waals surface area contributed by atoms with E-state index < -0.39 is 17.2 Å². The first-order valence-corrected chi connectivity index (χ1v) is 13.3. The maximum atomic E-state index is 13.7. The molecule has 1 atom stereocenters. The van der Waals surface area contributed by atoms with Gasteiger partial charge in [-0.3, -0.25) is 9.69 Å². The second-order valence-electron chi connectivity index (χ2n) is 10.0. The molecule has 0 aliphatic carbocycles. The summed E-state index contributed by atoms with van der Waals surface area (Å²) < 4.78 is 51.2. The van der Waals surface area contributed by atoms with Crippen molar-refractivity contribution in [2.24, 2.45) is 0 Å². The van der Waals surface area contributed by atoms with E-state index in [2.05, 4.69) is 4.98 Å². The minimum Gasteiger partial charge on any atom is -0.493 e. The van der Waals surface area contributed by atoms with Gasteiger partial charge in [0.25, 0.3) is 0 Å². The first-order valence-electron chi connectivity index (χ1n) is 13.3. The third-order valence-corrected chi connectivity index (χ3v) is 6.72. The Balaban J connectivity index is 1.42. The standard InChI is InChI=1S/C29H36F2N4O6/c1-38-17-28(36)35-12-11-34(18-29(37,19-35)20-41-23-5-6-24(30)25(31)15-23)16-22-4-7-26(27(14-22)39-2)40-13-3-9-33-10-8-32-21-33/h4-8,10,14-15,21,37H,3,9,11-13,16-20H2,1-2H3. The fraction of sp³-hybridized carbons (Fsp3) is 0.448. The number of hydrogen-bond donors (Lipinski definition) is 1. The molecule has 0 bridgehead atoms. The molecule has 1 aromatic heterocycles. The predicted octanol–water partition coefficient (Wildman–Crippen LogP) is 2.74. The highest BCUT2D eigenvalue weighted by Gasteiger charge is 2.37. The monoisotopic (exact) mass is 574 g/mol. The number of carbonyl (C=O) groups is 1. The summed E-state index contributed by atoms with van der Waals surface area (Å²) in [5, 5.41) is 11.6. The summed E-state index contributed by atoms with van der Waals surface area (Å²) in [6, 6.07) is 8.86. The number of ether oxygens (including phenoxy) is 4. The number of hydrogen-bond acceptors (Lipinski definition) is 8. The van der Waals surface area contributed by atoms with Crippen molar-refractivity contribution >= 4 is 5.91 Å². The lowest BCUT2D eigenvalue weighted by molar-refractivity contribution is -0.138. The molecular weight excluding hydrogens is 538 g/mol. The summed E-state index contributed by atoms with van der Waals surface area (Å²) in [6.45, 7) is 2.41. The van der Waals surface area contributed by atoms with Crippen LogP contribution >= 0.6 is 0 Å². The summed E-state index contributed by atoms with van der Waals surface area (Å²) in [7, 11) is 3.01. The van der Waals surface area contributed by atoms with Crippen molar-refractivity contribution in [3.05, 3.63) is 72.3 Å². The molecule has 2 aromatic carbocycles. The van der Waals surface area contributed by atoms with Crippen LogP contribution < -0.4 is 14.2 Å². The zero-order valence-electron chi connectivity index (χ0n) is 23.3. The lowest BCUT2D eigenvalue weighted by atomic mass is 10.0. The van der Waals surface area contributed by atoms with Crippen LogP contribution in [0.25, 0.3) is 0 Å². The number of halogens is 2. The Hall–Kier alpha value is -3.74. The maximum absolute atomic E-state index is 13.7. The lowest BCUT2D eigenvalue weighted by Crippen LogP contribution is -2.52. The molecule has 0 spiro atoms. The van der Waals surface area contributed by atoms with Crippen LogP contribution in [0.1, 0.15) is 12.0 Å². The fourth-order valence-electron chi connectivity index (χ4n) is 4.72. The molecule has 41 heavy (non-hydrogen) atoms. The highest BCUT2D eigenvalue weighted by Crippen LogP contribution is 2.29. The van der Waals surface area contributed by atoms with Gasteiger partial charge in [0.15, 0.2) is 23.1 Å². The summed E-state index contributed by atoms with van der Waals surface area (Å²) in [5.41, 5.74) is -0.569. The van der Waals surface area contributed by atoms with Gasteiger partial charge in [0.2, 0.25) is 5.91 Å². The SMILES string of the molecule is COCC(=O)N1CCN(Cc2ccc(OCCCn3ccnc3)c(OC)c2)CC(O)(COc2ccc(F)c(F)c2)C1. The van der Waals surface area contributed by atoms with Crippen molar-refractivity contribution in [1.82, 2.24) is 19.4 Å². The van der Waals surface area contributed by atoms with Crippen LogP contribution in [0.5, 0.6) is 17.2 Å². The van der Waals surface area contributed by atoms with Crippen LogP contribution in [-0.4, -0.2) is 96.2 Å². The molecule has 12 heteroatoms. The fourth-order valence-corrected chi connectivity index (χ4v) is 4.72. The summed E-state index contributed by atoms with van der Waals surface area (Å²) in [4.78, 5) is 20.2. The van der Waals surface area contributed by atoms with Crippen LogP contribution in [0, 0.1) is 11.6 Å². The van der Waals surface area contributed by atoms with Gasteiger partial charge in [-0.15, -0.1) is 0 Å². The van der Waals surface area contributed by atoms with Crippen LogP contribution in [0.3, 0.4) is 0 Å². The van der Waals surface area contributed by atoms with E-state index in [0.717, 1.165) is 30.7 Å². The van der Waals surface area contributed by atoms with Gasteiger partial charge < -0.3 is 33.5 Å². The van der Waals surface area contributed by atoms with Crippen LogP contribution in [0.2, 0.25) is 0 Å². The Morgan fingerprint density at radius 1 is 1.05 bits per heavy atom. The summed E-state index contributed by atoms with van der Waals surface area (Å²) in [6.07, 6.45) is 6.21. The Labute approximate surface area is 238 Å². The molecule has 0 radical (unpaired) electrons. The van der Waals surface area contributed by atoms with E-state index in [1.54, 1.807) is 19.6 Å². The molecule has 10 nitrogen and oxygen atoms in total. The number of methoxy groups -OCH3 is 2. The quantitative estimate of drug-likeness (QED) is 0.312. The van der Waals surface area contributed by atoms with Gasteiger partial charge >= 0.3 is 0 Å². The van der Waals surface area contributed by atoms with E-state index >= 15 is 0 Å². The van der Waals surface area contributed by atoms with Gasteiger partial charge in [-0.05, 0) is 36.2 Å². The number of nitrogens with zero attached hydrogens (tertiary/aromatic N) is 4. The zero-order chi connectivity index (χ0) is 29.2. The average Bonchev–Trinajstić information content (AvgIpc) is 3.42. The predicted molar refractivity (Wildman–Crippen MR) is 146 cm³/mol. The lowest BCUT2D eigenvalue weighted by Gasteiger charge is -2.33. The summed E-state index contributed by atoms with van der Waals surface area (Å²) in [5.74, 6) is -1.01. The number of aromatic nitrogens is 2. The first-order chi connectivity index (χ1) is 19.8. The van der Waals surface area contributed by atoms with Gasteiger partial charge in [0, 0.05) is 58.3 Å². The molecule has 0 saturated carbocycles. The molecule has 2 heterocycles. The minimum atomic E-state index is -1.49. The van der Waals surface area contributed by atoms with Gasteiger partial charge in [-0.2, -0.15) is 0 Å². The van der Waals surface area contributed by atoms with E-state index in [4.69, 9.17) is 18.9 Å². The van der Waals surface area contributed by atoms with E-state index in [1.807, 2.05) is 33.9 Å². The molecule has 222 valence electrons. The highest BCUT2D eigenvalue weighted by molar-refractivity contribution is 5.77. The molecule has 1 fully saturated rings. The van der Waals surface area contributed by atoms with Crippen molar-refractivity contribution in [3.8, 4) is 17.2 Å². The van der Waals surface area contributed by atoms with Gasteiger partial charge in [-0.25, -0.2) is 13.8 Å². The van der Waals surface area contributed by atoms with Crippen molar-refractivity contribution in [2.45, 2.75) is 25.1 Å². The zero-order valence-corrected chi connectivity index (χ0v) is 23.3. The maximum Gasteiger partial charge on any atom is 0.248 e. The average molecular weight is 575 g/mol. The molecule has 1 saturated heterocycles. The van der Waals surface area contributed by atoms with Gasteiger partial charge in [0.05, 0.1) is 26.6 Å². The summed E-state index contributed by atoms with van der Waals surface area (Å²) >= 11 is 0. The Bertz CT molecular complexity index is 1280. The normalized spacial score (nSPS) is 17.7. The number of aliphatic hydroxyl groups is 1. The van der Waals surface area contributed by atoms with Crippen molar-refractivity contribution in [2.75, 3.05) is 60.2 Å². The Morgan fingerprint density at radius 3 is 2.63 bits per heavy atom. The molecular formula is C29H36F2N4O6. The topological polar surface area (TPSA) is 98.5 Å². The van der Waals surface area contributed by atoms with Gasteiger partial charge in [-0.1, -0.05) is 6.07 Å². The number of amides is 1. The van der Waals surface area contributed by atoms with E-state index in [0.29, 0.717) is 37.7 Å². The van der Waals surface area contributed by atoms with E-state index in [9.17, 15) is 18.7 Å². The molecule has 1 amide bonds. The third-order valence-electron chi connectivity index (χ3n) is 6.72. The Morgan fingerprint density at radius 2 is 1.90 bits per heavy atom. The second-order valence-corrected chi connectivity index (χ2v) is 10.0. The molecule has 4 rings (SSSR count).